The Bertz CT molecular complexity index is 767. The number of rotatable bonds is 10. The average molecular weight is 384 g/mol. The second-order valence-corrected chi connectivity index (χ2v) is 6.28. The number of nitrogens with one attached hydrogen (secondary N) is 3. The number of aryl methyl sites for hydroxylation is 1. The molecule has 10 nitrogen and oxygen atoms in total. The summed E-state index contributed by atoms with van der Waals surface area (Å²) in [5.74, 6) is -0.771. The third-order valence-corrected chi connectivity index (χ3v) is 4.18. The van der Waals surface area contributed by atoms with Crippen LogP contribution in [0.3, 0.4) is 0 Å². The van der Waals surface area contributed by atoms with Gasteiger partial charge in [-0.05, 0) is 13.3 Å². The number of unbranched alkanes of at least 4 members (excludes halogenated alkanes) is 2. The van der Waals surface area contributed by atoms with Crippen LogP contribution >= 0.6 is 11.6 Å². The summed E-state index contributed by atoms with van der Waals surface area (Å²) >= 11 is 5.98. The van der Waals surface area contributed by atoms with Crippen molar-refractivity contribution < 1.29 is 14.8 Å². The van der Waals surface area contributed by atoms with Gasteiger partial charge in [0.25, 0.3) is 0 Å². The molecule has 0 fully saturated rings. The number of hydrogen-bond donors (Lipinski definition) is 4. The number of hydrogen-bond acceptors (Lipinski definition) is 7. The molecular weight excluding hydrogens is 362 g/mol. The van der Waals surface area contributed by atoms with Crippen molar-refractivity contribution in [2.75, 3.05) is 12.0 Å². The molecule has 0 unspecified atom stereocenters. The normalized spacial score (nSPS) is 12.0. The van der Waals surface area contributed by atoms with E-state index in [0.717, 1.165) is 19.3 Å². The third-order valence-electron chi connectivity index (χ3n) is 3.90. The van der Waals surface area contributed by atoms with E-state index in [2.05, 4.69) is 37.9 Å². The highest BCUT2D eigenvalue weighted by atomic mass is 35.5. The van der Waals surface area contributed by atoms with Crippen LogP contribution in [0.5, 0.6) is 0 Å². The minimum absolute atomic E-state index is 0.0887. The summed E-state index contributed by atoms with van der Waals surface area (Å²) in [6.45, 7) is 3.71. The van der Waals surface area contributed by atoms with Gasteiger partial charge in [0.1, 0.15) is 5.15 Å². The van der Waals surface area contributed by atoms with Crippen molar-refractivity contribution in [1.82, 2.24) is 30.7 Å². The van der Waals surface area contributed by atoms with Crippen LogP contribution in [0.1, 0.15) is 38.3 Å². The van der Waals surface area contributed by atoms with Gasteiger partial charge in [-0.25, -0.2) is 10.0 Å². The van der Waals surface area contributed by atoms with Crippen molar-refractivity contribution in [1.29, 1.82) is 0 Å². The molecule has 0 aromatic carbocycles. The molecule has 0 saturated heterocycles. The Labute approximate surface area is 155 Å². The summed E-state index contributed by atoms with van der Waals surface area (Å²) in [6.07, 6.45) is 3.59. The van der Waals surface area contributed by atoms with Crippen LogP contribution in [0.15, 0.2) is 0 Å². The number of hydroxylamine groups is 2. The number of fused-ring (bicyclic) bond motifs is 1. The minimum atomic E-state index is -0.561. The van der Waals surface area contributed by atoms with Crippen LogP contribution in [0.2, 0.25) is 5.15 Å². The maximum atomic E-state index is 12.4. The van der Waals surface area contributed by atoms with Crippen LogP contribution in [-0.2, 0) is 9.59 Å². The molecular formula is C15H22ClN7O3. The molecule has 142 valence electrons. The first-order chi connectivity index (χ1) is 12.5. The van der Waals surface area contributed by atoms with Gasteiger partial charge in [0.2, 0.25) is 18.3 Å². The Morgan fingerprint density at radius 1 is 1.42 bits per heavy atom. The molecule has 4 N–H and O–H groups in total. The zero-order chi connectivity index (χ0) is 19.1. The van der Waals surface area contributed by atoms with E-state index in [1.165, 1.54) is 0 Å². The number of hydrazine groups is 1. The number of carbonyl (C=O) groups excluding carboxylic acids is 2. The number of anilines is 1. The maximum absolute atomic E-state index is 12.4. The first-order valence-electron chi connectivity index (χ1n) is 8.31. The third kappa shape index (κ3) is 5.02. The van der Waals surface area contributed by atoms with E-state index in [1.54, 1.807) is 6.92 Å². The fourth-order valence-corrected chi connectivity index (χ4v) is 2.81. The van der Waals surface area contributed by atoms with Gasteiger partial charge in [0, 0.05) is 0 Å². The zero-order valence-corrected chi connectivity index (χ0v) is 15.4. The zero-order valence-electron chi connectivity index (χ0n) is 14.6. The predicted molar refractivity (Wildman–Crippen MR) is 95.4 cm³/mol. The molecule has 2 aromatic rings. The fourth-order valence-electron chi connectivity index (χ4n) is 2.54. The molecule has 0 radical (unpaired) electrons. The van der Waals surface area contributed by atoms with Crippen molar-refractivity contribution in [3.63, 3.8) is 0 Å². The van der Waals surface area contributed by atoms with Crippen LogP contribution in [0, 0.1) is 12.8 Å². The highest BCUT2D eigenvalue weighted by Crippen LogP contribution is 2.22. The van der Waals surface area contributed by atoms with Crippen molar-refractivity contribution >= 4 is 40.9 Å². The van der Waals surface area contributed by atoms with E-state index in [-0.39, 0.29) is 24.8 Å². The number of aromatic nitrogens is 4. The van der Waals surface area contributed by atoms with Crippen molar-refractivity contribution in [3.05, 3.63) is 10.8 Å². The smallest absolute Gasteiger partial charge is 0.244 e. The lowest BCUT2D eigenvalue weighted by Gasteiger charge is -2.19. The van der Waals surface area contributed by atoms with Crippen LogP contribution < -0.4 is 10.9 Å². The molecule has 1 atom stereocenters. The van der Waals surface area contributed by atoms with Crippen LogP contribution in [0.25, 0.3) is 11.0 Å². The van der Waals surface area contributed by atoms with Gasteiger partial charge in [-0.3, -0.25) is 30.7 Å². The SMILES string of the molecule is CCCCC[C@H](CN(O)C=O)C(=O)NNc1nc(C)c2c(Cl)[nH]nc2n1. The predicted octanol–water partition coefficient (Wildman–Crippen LogP) is 1.80. The highest BCUT2D eigenvalue weighted by Gasteiger charge is 2.21. The van der Waals surface area contributed by atoms with Gasteiger partial charge in [-0.15, -0.1) is 0 Å². The Morgan fingerprint density at radius 3 is 2.88 bits per heavy atom. The quantitative estimate of drug-likeness (QED) is 0.212. The summed E-state index contributed by atoms with van der Waals surface area (Å²) in [5.41, 5.74) is 6.14. The maximum Gasteiger partial charge on any atom is 0.244 e. The van der Waals surface area contributed by atoms with Gasteiger partial charge < -0.3 is 0 Å². The Hall–Kier alpha value is -2.46. The number of aromatic amines is 1. The summed E-state index contributed by atoms with van der Waals surface area (Å²) in [4.78, 5) is 31.4. The molecule has 2 rings (SSSR count). The first kappa shape index (κ1) is 19.9. The van der Waals surface area contributed by atoms with Gasteiger partial charge in [-0.2, -0.15) is 10.1 Å². The molecule has 26 heavy (non-hydrogen) atoms. The second-order valence-electron chi connectivity index (χ2n) is 5.90. The standard InChI is InChI=1S/C15H22ClN7O3/c1-3-4-5-6-10(7-23(26)8-24)14(25)21-22-15-17-9(2)11-12(16)19-20-13(11)18-15/h8,10,26H,3-7H2,1-2H3,(H,21,25)(H2,17,18,19,20,22)/t10-/m1/s1. The van der Waals surface area contributed by atoms with E-state index in [0.29, 0.717) is 33.4 Å². The number of amides is 2. The van der Waals surface area contributed by atoms with E-state index >= 15 is 0 Å². The monoisotopic (exact) mass is 383 g/mol. The molecule has 0 aliphatic heterocycles. The van der Waals surface area contributed by atoms with Gasteiger partial charge in [-0.1, -0.05) is 37.8 Å². The number of carbonyl (C=O) groups is 2. The van der Waals surface area contributed by atoms with Crippen molar-refractivity contribution in [2.45, 2.75) is 39.5 Å². The van der Waals surface area contributed by atoms with Crippen molar-refractivity contribution in [3.8, 4) is 0 Å². The van der Waals surface area contributed by atoms with Crippen LogP contribution in [-0.4, -0.2) is 49.3 Å². The topological polar surface area (TPSA) is 136 Å². The van der Waals surface area contributed by atoms with Crippen LogP contribution in [0.4, 0.5) is 5.95 Å². The van der Waals surface area contributed by atoms with E-state index in [4.69, 9.17) is 11.6 Å². The molecule has 0 bridgehead atoms. The summed E-state index contributed by atoms with van der Waals surface area (Å²) in [7, 11) is 0. The minimum Gasteiger partial charge on any atom is -0.286 e. The Balaban J connectivity index is 2.02. The number of halogens is 1. The molecule has 2 amide bonds. The molecule has 11 heteroatoms. The fraction of sp³-hybridized carbons (Fsp3) is 0.533. The van der Waals surface area contributed by atoms with Gasteiger partial charge >= 0.3 is 0 Å². The van der Waals surface area contributed by atoms with Crippen molar-refractivity contribution in [2.24, 2.45) is 5.92 Å². The van der Waals surface area contributed by atoms with E-state index in [1.807, 2.05) is 0 Å². The van der Waals surface area contributed by atoms with E-state index in [9.17, 15) is 14.8 Å². The average Bonchev–Trinajstić information content (AvgIpc) is 3.00. The summed E-state index contributed by atoms with van der Waals surface area (Å²) in [5, 5.41) is 17.4. The Morgan fingerprint density at radius 2 is 2.19 bits per heavy atom. The lowest BCUT2D eigenvalue weighted by Crippen LogP contribution is -2.40. The van der Waals surface area contributed by atoms with Gasteiger partial charge in [0.15, 0.2) is 5.65 Å². The summed E-state index contributed by atoms with van der Waals surface area (Å²) < 4.78 is 0. The lowest BCUT2D eigenvalue weighted by atomic mass is 10.0. The second kappa shape index (κ2) is 9.30. The lowest BCUT2D eigenvalue weighted by molar-refractivity contribution is -0.154. The number of H-pyrrole nitrogens is 1. The molecule has 0 aliphatic rings. The number of nitrogens with zero attached hydrogens (tertiary/aromatic N) is 4. The largest absolute Gasteiger partial charge is 0.286 e. The molecule has 0 saturated carbocycles. The Kier molecular flexibility index (Phi) is 7.10. The molecule has 0 aliphatic carbocycles. The first-order valence-corrected chi connectivity index (χ1v) is 8.69. The summed E-state index contributed by atoms with van der Waals surface area (Å²) in [6, 6.07) is 0. The van der Waals surface area contributed by atoms with E-state index < -0.39 is 5.92 Å². The highest BCUT2D eigenvalue weighted by molar-refractivity contribution is 6.34. The molecule has 2 heterocycles. The molecule has 2 aromatic heterocycles. The molecule has 0 spiro atoms. The van der Waals surface area contributed by atoms with Gasteiger partial charge in [0.05, 0.1) is 23.5 Å².